The lowest BCUT2D eigenvalue weighted by atomic mass is 9.84. The third-order valence-corrected chi connectivity index (χ3v) is 4.01. The second-order valence-corrected chi connectivity index (χ2v) is 5.27. The fraction of sp³-hybridized carbons (Fsp3) is 0.769. The van der Waals surface area contributed by atoms with Crippen LogP contribution >= 0.6 is 0 Å². The third kappa shape index (κ3) is 2.09. The Hall–Kier alpha value is -1.18. The summed E-state index contributed by atoms with van der Waals surface area (Å²) in [6.45, 7) is 7.59. The lowest BCUT2D eigenvalue weighted by Gasteiger charge is -2.42. The monoisotopic (exact) mass is 248 g/mol. The first-order valence-corrected chi connectivity index (χ1v) is 6.52. The molecule has 0 amide bonds. The molecule has 0 radical (unpaired) electrons. The molecule has 0 saturated carbocycles. The number of nitrogens with one attached hydrogen (secondary N) is 2. The summed E-state index contributed by atoms with van der Waals surface area (Å²) < 4.78 is 0. The van der Waals surface area contributed by atoms with E-state index in [9.17, 15) is 10.1 Å². The van der Waals surface area contributed by atoms with Gasteiger partial charge in [-0.05, 0) is 20.3 Å². The van der Waals surface area contributed by atoms with Crippen molar-refractivity contribution < 1.29 is 4.79 Å². The Morgan fingerprint density at radius 1 is 1.50 bits per heavy atom. The zero-order chi connectivity index (χ0) is 13.2. The predicted molar refractivity (Wildman–Crippen MR) is 68.7 cm³/mol. The van der Waals surface area contributed by atoms with E-state index in [0.717, 1.165) is 19.6 Å². The molecule has 2 heterocycles. The van der Waals surface area contributed by atoms with Gasteiger partial charge in [-0.15, -0.1) is 0 Å². The Balaban J connectivity index is 2.23. The molecule has 5 nitrogen and oxygen atoms in total. The van der Waals surface area contributed by atoms with Crippen molar-refractivity contribution >= 4 is 5.94 Å². The van der Waals surface area contributed by atoms with Gasteiger partial charge in [0.15, 0.2) is 5.54 Å². The maximum absolute atomic E-state index is 11.0. The van der Waals surface area contributed by atoms with Crippen LogP contribution in [0.5, 0.6) is 0 Å². The van der Waals surface area contributed by atoms with Crippen molar-refractivity contribution in [2.24, 2.45) is 0 Å². The van der Waals surface area contributed by atoms with E-state index >= 15 is 0 Å². The quantitative estimate of drug-likeness (QED) is 0.656. The van der Waals surface area contributed by atoms with Gasteiger partial charge in [-0.25, -0.2) is 4.79 Å². The minimum atomic E-state index is -0.866. The Bertz CT molecular complexity index is 408. The van der Waals surface area contributed by atoms with Crippen LogP contribution in [0, 0.1) is 11.3 Å². The molecule has 2 saturated heterocycles. The first-order valence-electron chi connectivity index (χ1n) is 6.52. The van der Waals surface area contributed by atoms with E-state index in [1.165, 1.54) is 0 Å². The molecule has 0 aromatic heterocycles. The van der Waals surface area contributed by atoms with Gasteiger partial charge in [-0.1, -0.05) is 0 Å². The van der Waals surface area contributed by atoms with Gasteiger partial charge in [-0.2, -0.15) is 5.26 Å². The second-order valence-electron chi connectivity index (χ2n) is 5.27. The number of carbonyl (C=O) groups excluding carboxylic acids is 1. The van der Waals surface area contributed by atoms with Crippen molar-refractivity contribution in [3.8, 4) is 6.07 Å². The highest BCUT2D eigenvalue weighted by Gasteiger charge is 2.48. The van der Waals surface area contributed by atoms with Crippen LogP contribution in [0.2, 0.25) is 0 Å². The van der Waals surface area contributed by atoms with Gasteiger partial charge in [-0.3, -0.25) is 10.2 Å². The fourth-order valence-corrected chi connectivity index (χ4v) is 2.87. The molecule has 0 spiro atoms. The summed E-state index contributed by atoms with van der Waals surface area (Å²) in [5.74, 6) is 1.97. The van der Waals surface area contributed by atoms with E-state index in [2.05, 4.69) is 35.5 Å². The Labute approximate surface area is 108 Å². The smallest absolute Gasteiger partial charge is 0.155 e. The minimum Gasteiger partial charge on any atom is -0.309 e. The van der Waals surface area contributed by atoms with Gasteiger partial charge >= 0.3 is 0 Å². The Morgan fingerprint density at radius 3 is 2.89 bits per heavy atom. The van der Waals surface area contributed by atoms with Gasteiger partial charge < -0.3 is 5.32 Å². The van der Waals surface area contributed by atoms with Gasteiger partial charge in [0.05, 0.1) is 17.7 Å². The predicted octanol–water partition coefficient (Wildman–Crippen LogP) is -0.318. The highest BCUT2D eigenvalue weighted by Crippen LogP contribution is 2.28. The first kappa shape index (κ1) is 13.3. The molecular formula is C13H20N4O. The summed E-state index contributed by atoms with van der Waals surface area (Å²) in [4.78, 5) is 13.4. The van der Waals surface area contributed by atoms with Crippen LogP contribution in [-0.4, -0.2) is 54.6 Å². The van der Waals surface area contributed by atoms with Gasteiger partial charge in [0, 0.05) is 32.2 Å². The number of hydrogen-bond donors (Lipinski definition) is 2. The van der Waals surface area contributed by atoms with Crippen molar-refractivity contribution in [1.29, 1.82) is 5.26 Å². The number of hydrogen-bond acceptors (Lipinski definition) is 5. The van der Waals surface area contributed by atoms with Crippen LogP contribution in [0.15, 0.2) is 5.57 Å². The lowest BCUT2D eigenvalue weighted by Crippen LogP contribution is -2.65. The topological polar surface area (TPSA) is 68.2 Å². The van der Waals surface area contributed by atoms with Crippen LogP contribution in [0.25, 0.3) is 0 Å². The molecule has 98 valence electrons. The maximum atomic E-state index is 11.0. The van der Waals surface area contributed by atoms with E-state index in [-0.39, 0.29) is 6.04 Å². The normalized spacial score (nSPS) is 33.4. The molecule has 2 aliphatic rings. The molecule has 0 aromatic rings. The van der Waals surface area contributed by atoms with Crippen molar-refractivity contribution in [3.05, 3.63) is 5.57 Å². The molecule has 2 fully saturated rings. The standard InChI is InChI=1S/C13H20N4O/c1-10(2)17-6-5-15-12(7-17)13(9-14)11(8-18)3-4-16-13/h10,12,15-16H,3-7H2,1-2H3. The molecule has 2 rings (SSSR count). The molecule has 2 N–H and O–H groups in total. The minimum absolute atomic E-state index is 0.0439. The SMILES string of the molecule is CC(C)N1CCNC(C2(C#N)NCCC2=C=O)C1. The van der Waals surface area contributed by atoms with Crippen LogP contribution in [-0.2, 0) is 4.79 Å². The zero-order valence-corrected chi connectivity index (χ0v) is 11.0. The fourth-order valence-electron chi connectivity index (χ4n) is 2.87. The first-order chi connectivity index (χ1) is 8.64. The molecule has 0 bridgehead atoms. The highest BCUT2D eigenvalue weighted by atomic mass is 16.1. The number of nitrogens with zero attached hydrogens (tertiary/aromatic N) is 2. The van der Waals surface area contributed by atoms with Gasteiger partial charge in [0.2, 0.25) is 0 Å². The molecule has 0 aromatic carbocycles. The lowest BCUT2D eigenvalue weighted by molar-refractivity contribution is 0.140. The summed E-state index contributed by atoms with van der Waals surface area (Å²) in [5, 5.41) is 16.1. The average Bonchev–Trinajstić information content (AvgIpc) is 2.82. The number of piperazine rings is 1. The van der Waals surface area contributed by atoms with Crippen LogP contribution < -0.4 is 10.6 Å². The summed E-state index contributed by atoms with van der Waals surface area (Å²) in [6, 6.07) is 2.72. The second kappa shape index (κ2) is 5.21. The van der Waals surface area contributed by atoms with Crippen LogP contribution in [0.1, 0.15) is 20.3 Å². The van der Waals surface area contributed by atoms with Crippen LogP contribution in [0.4, 0.5) is 0 Å². The summed E-state index contributed by atoms with van der Waals surface area (Å²) in [5.41, 5.74) is -0.303. The maximum Gasteiger partial charge on any atom is 0.155 e. The third-order valence-electron chi connectivity index (χ3n) is 4.01. The van der Waals surface area contributed by atoms with Crippen molar-refractivity contribution in [3.63, 3.8) is 0 Å². The van der Waals surface area contributed by atoms with Crippen LogP contribution in [0.3, 0.4) is 0 Å². The molecule has 2 unspecified atom stereocenters. The summed E-state index contributed by atoms with van der Waals surface area (Å²) in [7, 11) is 0. The van der Waals surface area contributed by atoms with Crippen molar-refractivity contribution in [2.75, 3.05) is 26.2 Å². The molecule has 2 atom stereocenters. The molecular weight excluding hydrogens is 228 g/mol. The average molecular weight is 248 g/mol. The highest BCUT2D eigenvalue weighted by molar-refractivity contribution is 5.62. The number of nitriles is 1. The largest absolute Gasteiger partial charge is 0.309 e. The van der Waals surface area contributed by atoms with Crippen molar-refractivity contribution in [2.45, 2.75) is 37.9 Å². The van der Waals surface area contributed by atoms with Gasteiger partial charge in [0.25, 0.3) is 0 Å². The zero-order valence-electron chi connectivity index (χ0n) is 11.0. The van der Waals surface area contributed by atoms with E-state index < -0.39 is 5.54 Å². The Kier molecular flexibility index (Phi) is 3.84. The molecule has 2 aliphatic heterocycles. The van der Waals surface area contributed by atoms with Gasteiger partial charge in [0.1, 0.15) is 5.94 Å². The van der Waals surface area contributed by atoms with Crippen molar-refractivity contribution in [1.82, 2.24) is 15.5 Å². The molecule has 0 aliphatic carbocycles. The summed E-state index contributed by atoms with van der Waals surface area (Å²) in [6.07, 6.45) is 0.622. The van der Waals surface area contributed by atoms with E-state index in [1.54, 1.807) is 0 Å². The Morgan fingerprint density at radius 2 is 2.28 bits per heavy atom. The molecule has 5 heteroatoms. The summed E-state index contributed by atoms with van der Waals surface area (Å²) >= 11 is 0. The molecule has 18 heavy (non-hydrogen) atoms. The van der Waals surface area contributed by atoms with E-state index in [0.29, 0.717) is 24.6 Å². The van der Waals surface area contributed by atoms with E-state index in [1.807, 2.05) is 5.94 Å². The number of rotatable bonds is 2. The van der Waals surface area contributed by atoms with E-state index in [4.69, 9.17) is 0 Å².